The average Bonchev–Trinajstić information content (AvgIpc) is 2.69. The predicted molar refractivity (Wildman–Crippen MR) is 65.9 cm³/mol. The summed E-state index contributed by atoms with van der Waals surface area (Å²) in [5.41, 5.74) is 1.57. The topological polar surface area (TPSA) is 50.2 Å². The second-order valence-corrected chi connectivity index (χ2v) is 4.67. The van der Waals surface area contributed by atoms with Gasteiger partial charge in [-0.15, -0.1) is 0 Å². The van der Waals surface area contributed by atoms with Gasteiger partial charge in [-0.3, -0.25) is 9.48 Å². The number of nitrogens with zero attached hydrogens (tertiary/aromatic N) is 3. The van der Waals surface area contributed by atoms with E-state index in [0.717, 1.165) is 31.6 Å². The zero-order valence-electron chi connectivity index (χ0n) is 10.7. The fourth-order valence-electron chi connectivity index (χ4n) is 2.22. The maximum atomic E-state index is 12.2. The van der Waals surface area contributed by atoms with E-state index in [9.17, 15) is 4.79 Å². The maximum Gasteiger partial charge on any atom is 0.274 e. The van der Waals surface area contributed by atoms with Gasteiger partial charge in [-0.25, -0.2) is 0 Å². The van der Waals surface area contributed by atoms with Gasteiger partial charge < -0.3 is 10.2 Å². The molecular weight excluding hydrogens is 216 g/mol. The van der Waals surface area contributed by atoms with Crippen LogP contribution in [0.3, 0.4) is 0 Å². The van der Waals surface area contributed by atoms with Crippen LogP contribution in [0.2, 0.25) is 0 Å². The normalized spacial score (nSPS) is 20.6. The fraction of sp³-hybridized carbons (Fsp3) is 0.667. The Kier molecular flexibility index (Phi) is 3.47. The van der Waals surface area contributed by atoms with Gasteiger partial charge in [0.25, 0.3) is 5.91 Å². The molecule has 0 spiro atoms. The van der Waals surface area contributed by atoms with Crippen molar-refractivity contribution in [2.24, 2.45) is 7.05 Å². The van der Waals surface area contributed by atoms with Crippen LogP contribution in [0.5, 0.6) is 0 Å². The molecule has 1 atom stereocenters. The molecule has 5 nitrogen and oxygen atoms in total. The second-order valence-electron chi connectivity index (χ2n) is 4.67. The zero-order valence-corrected chi connectivity index (χ0v) is 10.7. The van der Waals surface area contributed by atoms with E-state index in [0.29, 0.717) is 11.7 Å². The largest absolute Gasteiger partial charge is 0.336 e. The maximum absolute atomic E-state index is 12.2. The average molecular weight is 236 g/mol. The Morgan fingerprint density at radius 2 is 2.35 bits per heavy atom. The molecule has 5 heteroatoms. The number of likely N-dealkylation sites (N-methyl/N-ethyl adjacent to an activating group) is 1. The Bertz CT molecular complexity index is 393. The Labute approximate surface area is 102 Å². The third-order valence-corrected chi connectivity index (χ3v) is 3.45. The van der Waals surface area contributed by atoms with E-state index >= 15 is 0 Å². The Morgan fingerprint density at radius 1 is 1.59 bits per heavy atom. The van der Waals surface area contributed by atoms with E-state index in [1.54, 1.807) is 4.68 Å². The number of carbonyl (C=O) groups excluding carboxylic acids is 1. The summed E-state index contributed by atoms with van der Waals surface area (Å²) in [4.78, 5) is 14.1. The van der Waals surface area contributed by atoms with Crippen LogP contribution in [0.1, 0.15) is 29.0 Å². The van der Waals surface area contributed by atoms with Crippen LogP contribution in [0.4, 0.5) is 0 Å². The number of hydrogen-bond donors (Lipinski definition) is 1. The summed E-state index contributed by atoms with van der Waals surface area (Å²) < 4.78 is 1.74. The molecule has 1 aliphatic rings. The standard InChI is InChI=1S/C12H20N4O/c1-9-7-11(14-15(9)3)12(17)16-6-4-5-10(8-16)13-2/h7,10,13H,4-6,8H2,1-3H3. The van der Waals surface area contributed by atoms with Crippen LogP contribution in [0.15, 0.2) is 6.07 Å². The monoisotopic (exact) mass is 236 g/mol. The molecule has 94 valence electrons. The van der Waals surface area contributed by atoms with Gasteiger partial charge in [-0.2, -0.15) is 5.10 Å². The highest BCUT2D eigenvalue weighted by Crippen LogP contribution is 2.13. The van der Waals surface area contributed by atoms with Gasteiger partial charge in [0.1, 0.15) is 0 Å². The summed E-state index contributed by atoms with van der Waals surface area (Å²) >= 11 is 0. The Balaban J connectivity index is 2.09. The molecule has 1 aromatic rings. The molecule has 1 N–H and O–H groups in total. The van der Waals surface area contributed by atoms with Crippen molar-refractivity contribution in [2.75, 3.05) is 20.1 Å². The molecule has 1 aliphatic heterocycles. The van der Waals surface area contributed by atoms with Crippen molar-refractivity contribution in [3.63, 3.8) is 0 Å². The van der Waals surface area contributed by atoms with Crippen molar-refractivity contribution in [1.82, 2.24) is 20.0 Å². The molecule has 0 aromatic carbocycles. The summed E-state index contributed by atoms with van der Waals surface area (Å²) in [6.07, 6.45) is 2.20. The minimum absolute atomic E-state index is 0.0497. The van der Waals surface area contributed by atoms with Gasteiger partial charge in [-0.1, -0.05) is 0 Å². The number of piperidine rings is 1. The quantitative estimate of drug-likeness (QED) is 0.816. The van der Waals surface area contributed by atoms with Crippen molar-refractivity contribution >= 4 is 5.91 Å². The van der Waals surface area contributed by atoms with Gasteiger partial charge in [0, 0.05) is 31.9 Å². The van der Waals surface area contributed by atoms with Crippen molar-refractivity contribution in [1.29, 1.82) is 0 Å². The molecule has 1 aromatic heterocycles. The lowest BCUT2D eigenvalue weighted by Crippen LogP contribution is -2.47. The first-order valence-electron chi connectivity index (χ1n) is 6.09. The third kappa shape index (κ3) is 2.49. The SMILES string of the molecule is CNC1CCCN(C(=O)c2cc(C)n(C)n2)C1. The van der Waals surface area contributed by atoms with E-state index in [4.69, 9.17) is 0 Å². The molecular formula is C12H20N4O. The van der Waals surface area contributed by atoms with Crippen LogP contribution in [0, 0.1) is 6.92 Å². The van der Waals surface area contributed by atoms with Gasteiger partial charge in [0.2, 0.25) is 0 Å². The first-order valence-corrected chi connectivity index (χ1v) is 6.09. The van der Waals surface area contributed by atoms with E-state index < -0.39 is 0 Å². The molecule has 17 heavy (non-hydrogen) atoms. The highest BCUT2D eigenvalue weighted by atomic mass is 16.2. The Hall–Kier alpha value is -1.36. The summed E-state index contributed by atoms with van der Waals surface area (Å²) in [6.45, 7) is 3.58. The van der Waals surface area contributed by atoms with E-state index in [-0.39, 0.29) is 5.91 Å². The summed E-state index contributed by atoms with van der Waals surface area (Å²) in [5, 5.41) is 7.48. The number of rotatable bonds is 2. The highest BCUT2D eigenvalue weighted by Gasteiger charge is 2.25. The van der Waals surface area contributed by atoms with Crippen LogP contribution < -0.4 is 5.32 Å². The van der Waals surface area contributed by atoms with Gasteiger partial charge >= 0.3 is 0 Å². The number of aromatic nitrogens is 2. The summed E-state index contributed by atoms with van der Waals surface area (Å²) in [6, 6.07) is 2.27. The molecule has 1 saturated heterocycles. The molecule has 1 unspecified atom stereocenters. The summed E-state index contributed by atoms with van der Waals surface area (Å²) in [5.74, 6) is 0.0497. The number of nitrogens with one attached hydrogen (secondary N) is 1. The third-order valence-electron chi connectivity index (χ3n) is 3.45. The zero-order chi connectivity index (χ0) is 12.4. The minimum Gasteiger partial charge on any atom is -0.336 e. The molecule has 2 rings (SSSR count). The van der Waals surface area contributed by atoms with Crippen LogP contribution in [0.25, 0.3) is 0 Å². The molecule has 0 saturated carbocycles. The van der Waals surface area contributed by atoms with E-state index in [1.807, 2.05) is 32.0 Å². The van der Waals surface area contributed by atoms with Crippen molar-refractivity contribution in [2.45, 2.75) is 25.8 Å². The van der Waals surface area contributed by atoms with Crippen molar-refractivity contribution in [3.8, 4) is 0 Å². The Morgan fingerprint density at radius 3 is 2.94 bits per heavy atom. The molecule has 0 radical (unpaired) electrons. The number of carbonyl (C=O) groups is 1. The number of hydrogen-bond acceptors (Lipinski definition) is 3. The first-order chi connectivity index (χ1) is 8.11. The van der Waals surface area contributed by atoms with Crippen LogP contribution in [-0.4, -0.2) is 46.8 Å². The number of aryl methyl sites for hydroxylation is 2. The lowest BCUT2D eigenvalue weighted by Gasteiger charge is -2.32. The smallest absolute Gasteiger partial charge is 0.274 e. The molecule has 1 fully saturated rings. The summed E-state index contributed by atoms with van der Waals surface area (Å²) in [7, 11) is 3.81. The van der Waals surface area contributed by atoms with Gasteiger partial charge in [0.15, 0.2) is 5.69 Å². The molecule has 1 amide bonds. The number of amides is 1. The first kappa shape index (κ1) is 12.1. The molecule has 0 aliphatic carbocycles. The van der Waals surface area contributed by atoms with Crippen LogP contribution in [-0.2, 0) is 7.05 Å². The van der Waals surface area contributed by atoms with Gasteiger partial charge in [-0.05, 0) is 32.9 Å². The predicted octanol–water partition coefficient (Wildman–Crippen LogP) is 0.553. The van der Waals surface area contributed by atoms with Gasteiger partial charge in [0.05, 0.1) is 0 Å². The number of likely N-dealkylation sites (tertiary alicyclic amines) is 1. The molecule has 0 bridgehead atoms. The lowest BCUT2D eigenvalue weighted by molar-refractivity contribution is 0.0691. The molecule has 2 heterocycles. The second kappa shape index (κ2) is 4.87. The van der Waals surface area contributed by atoms with E-state index in [2.05, 4.69) is 10.4 Å². The lowest BCUT2D eigenvalue weighted by atomic mass is 10.1. The van der Waals surface area contributed by atoms with Crippen LogP contribution >= 0.6 is 0 Å². The van der Waals surface area contributed by atoms with Crippen molar-refractivity contribution in [3.05, 3.63) is 17.5 Å². The van der Waals surface area contributed by atoms with E-state index in [1.165, 1.54) is 0 Å². The highest BCUT2D eigenvalue weighted by molar-refractivity contribution is 5.92. The van der Waals surface area contributed by atoms with Crippen molar-refractivity contribution < 1.29 is 4.79 Å². The fourth-order valence-corrected chi connectivity index (χ4v) is 2.22. The minimum atomic E-state index is 0.0497.